The molecule has 0 spiro atoms. The Kier molecular flexibility index (Phi) is 6.07. The van der Waals surface area contributed by atoms with E-state index in [1.165, 1.54) is 0 Å². The smallest absolute Gasteiger partial charge is 0.224 e. The van der Waals surface area contributed by atoms with Gasteiger partial charge in [-0.05, 0) is 46.8 Å². The number of carbonyl (C=O) groups excluding carboxylic acids is 1. The van der Waals surface area contributed by atoms with E-state index in [1.807, 2.05) is 13.8 Å². The Hall–Kier alpha value is -1.01. The van der Waals surface area contributed by atoms with Crippen LogP contribution in [0.5, 0.6) is 0 Å². The topological polar surface area (TPSA) is 55.1 Å². The van der Waals surface area contributed by atoms with E-state index in [1.54, 1.807) is 0 Å². The highest BCUT2D eigenvalue weighted by Gasteiger charge is 2.19. The monoisotopic (exact) mass is 348 g/mol. The van der Waals surface area contributed by atoms with Gasteiger partial charge in [-0.25, -0.2) is 8.78 Å². The molecule has 0 unspecified atom stereocenters. The van der Waals surface area contributed by atoms with E-state index < -0.39 is 11.6 Å². The van der Waals surface area contributed by atoms with Gasteiger partial charge in [0.25, 0.3) is 0 Å². The van der Waals surface area contributed by atoms with Gasteiger partial charge in [0, 0.05) is 12.5 Å². The van der Waals surface area contributed by atoms with Crippen molar-refractivity contribution in [2.75, 3.05) is 11.9 Å². The molecule has 0 aliphatic heterocycles. The van der Waals surface area contributed by atoms with Crippen LogP contribution in [-0.2, 0) is 4.79 Å². The second-order valence-electron chi connectivity index (χ2n) is 5.50. The van der Waals surface area contributed by atoms with Crippen molar-refractivity contribution in [3.05, 3.63) is 28.2 Å². The third-order valence-electron chi connectivity index (χ3n) is 3.13. The number of benzene rings is 1. The van der Waals surface area contributed by atoms with Crippen molar-refractivity contribution >= 4 is 27.5 Å². The molecule has 112 valence electrons. The van der Waals surface area contributed by atoms with E-state index in [2.05, 4.69) is 21.2 Å². The SMILES string of the molecule is CC(C)(CCN)CCC(=O)Nc1cc(F)c(Br)cc1F. The zero-order valence-corrected chi connectivity index (χ0v) is 13.2. The minimum atomic E-state index is -0.673. The number of nitrogens with one attached hydrogen (secondary N) is 1. The Labute approximate surface area is 126 Å². The van der Waals surface area contributed by atoms with Crippen LogP contribution in [0.15, 0.2) is 16.6 Å². The minimum absolute atomic E-state index is 0.0251. The lowest BCUT2D eigenvalue weighted by atomic mass is 9.84. The van der Waals surface area contributed by atoms with Gasteiger partial charge in [0.1, 0.15) is 11.6 Å². The maximum atomic E-state index is 13.6. The number of halogens is 3. The van der Waals surface area contributed by atoms with Crippen LogP contribution in [0.3, 0.4) is 0 Å². The molecule has 6 heteroatoms. The van der Waals surface area contributed by atoms with Gasteiger partial charge in [0.2, 0.25) is 5.91 Å². The molecule has 0 fully saturated rings. The molecule has 0 atom stereocenters. The molecule has 0 aliphatic rings. The predicted octanol–water partition coefficient (Wildman–Crippen LogP) is 3.82. The van der Waals surface area contributed by atoms with E-state index in [4.69, 9.17) is 5.73 Å². The molecule has 3 nitrogen and oxygen atoms in total. The van der Waals surface area contributed by atoms with Gasteiger partial charge >= 0.3 is 0 Å². The molecule has 0 aliphatic carbocycles. The van der Waals surface area contributed by atoms with Crippen LogP contribution in [0, 0.1) is 17.0 Å². The summed E-state index contributed by atoms with van der Waals surface area (Å²) < 4.78 is 26.9. The summed E-state index contributed by atoms with van der Waals surface area (Å²) in [6.07, 6.45) is 1.68. The van der Waals surface area contributed by atoms with Gasteiger partial charge in [-0.1, -0.05) is 13.8 Å². The molecule has 1 aromatic carbocycles. The number of amides is 1. The van der Waals surface area contributed by atoms with Gasteiger partial charge in [-0.3, -0.25) is 4.79 Å². The number of hydrogen-bond donors (Lipinski definition) is 2. The molecule has 3 N–H and O–H groups in total. The number of hydrogen-bond acceptors (Lipinski definition) is 2. The van der Waals surface area contributed by atoms with Crippen LogP contribution in [0.4, 0.5) is 14.5 Å². The second-order valence-corrected chi connectivity index (χ2v) is 6.35. The standard InChI is InChI=1S/C14H19BrF2N2O/c1-14(2,5-6-18)4-3-13(20)19-12-8-10(16)9(15)7-11(12)17/h7-8H,3-6,18H2,1-2H3,(H,19,20). The summed E-state index contributed by atoms with van der Waals surface area (Å²) in [4.78, 5) is 11.8. The third-order valence-corrected chi connectivity index (χ3v) is 3.74. The molecule has 0 heterocycles. The molecule has 20 heavy (non-hydrogen) atoms. The Morgan fingerprint density at radius 2 is 1.95 bits per heavy atom. The summed E-state index contributed by atoms with van der Waals surface area (Å²) in [5, 5.41) is 2.39. The van der Waals surface area contributed by atoms with Crippen LogP contribution in [0.25, 0.3) is 0 Å². The van der Waals surface area contributed by atoms with E-state index in [-0.39, 0.29) is 27.9 Å². The first-order chi connectivity index (χ1) is 9.25. The summed E-state index contributed by atoms with van der Waals surface area (Å²) in [5.74, 6) is -1.63. The maximum Gasteiger partial charge on any atom is 0.224 e. The molecule has 1 aromatic rings. The van der Waals surface area contributed by atoms with Crippen molar-refractivity contribution in [2.45, 2.75) is 33.1 Å². The van der Waals surface area contributed by atoms with Gasteiger partial charge in [-0.2, -0.15) is 0 Å². The maximum absolute atomic E-state index is 13.6. The highest BCUT2D eigenvalue weighted by atomic mass is 79.9. The van der Waals surface area contributed by atoms with Crippen molar-refractivity contribution in [3.8, 4) is 0 Å². The van der Waals surface area contributed by atoms with Crippen LogP contribution in [0.1, 0.15) is 33.1 Å². The van der Waals surface area contributed by atoms with Crippen molar-refractivity contribution in [1.82, 2.24) is 0 Å². The summed E-state index contributed by atoms with van der Waals surface area (Å²) in [5.41, 5.74) is 5.31. The van der Waals surface area contributed by atoms with E-state index in [0.717, 1.165) is 18.6 Å². The predicted molar refractivity (Wildman–Crippen MR) is 79.4 cm³/mol. The number of carbonyl (C=O) groups is 1. The summed E-state index contributed by atoms with van der Waals surface area (Å²) in [7, 11) is 0. The lowest BCUT2D eigenvalue weighted by Crippen LogP contribution is -2.21. The van der Waals surface area contributed by atoms with E-state index in [9.17, 15) is 13.6 Å². The average Bonchev–Trinajstić information content (AvgIpc) is 2.34. The highest BCUT2D eigenvalue weighted by Crippen LogP contribution is 2.27. The first kappa shape index (κ1) is 17.0. The Morgan fingerprint density at radius 3 is 2.55 bits per heavy atom. The quantitative estimate of drug-likeness (QED) is 0.767. The summed E-state index contributed by atoms with van der Waals surface area (Å²) in [6, 6.07) is 1.95. The van der Waals surface area contributed by atoms with Gasteiger partial charge in [0.15, 0.2) is 0 Å². The Balaban J connectivity index is 2.61. The Morgan fingerprint density at radius 1 is 1.30 bits per heavy atom. The van der Waals surface area contributed by atoms with Crippen molar-refractivity contribution in [3.63, 3.8) is 0 Å². The van der Waals surface area contributed by atoms with Crippen LogP contribution < -0.4 is 11.1 Å². The van der Waals surface area contributed by atoms with Crippen LogP contribution >= 0.6 is 15.9 Å². The highest BCUT2D eigenvalue weighted by molar-refractivity contribution is 9.10. The van der Waals surface area contributed by atoms with Crippen LogP contribution in [0.2, 0.25) is 0 Å². The molecule has 0 aromatic heterocycles. The molecule has 1 amide bonds. The van der Waals surface area contributed by atoms with Gasteiger partial charge < -0.3 is 11.1 Å². The van der Waals surface area contributed by atoms with Crippen molar-refractivity contribution < 1.29 is 13.6 Å². The second kappa shape index (κ2) is 7.13. The van der Waals surface area contributed by atoms with Crippen molar-refractivity contribution in [1.29, 1.82) is 0 Å². The van der Waals surface area contributed by atoms with Gasteiger partial charge in [0.05, 0.1) is 10.2 Å². The Bertz CT molecular complexity index is 492. The fraction of sp³-hybridized carbons (Fsp3) is 0.500. The molecular weight excluding hydrogens is 330 g/mol. The molecule has 0 saturated heterocycles. The molecule has 0 saturated carbocycles. The lowest BCUT2D eigenvalue weighted by molar-refractivity contribution is -0.116. The van der Waals surface area contributed by atoms with Gasteiger partial charge in [-0.15, -0.1) is 0 Å². The summed E-state index contributed by atoms with van der Waals surface area (Å²) >= 11 is 2.88. The third kappa shape index (κ3) is 5.17. The average molecular weight is 349 g/mol. The molecular formula is C14H19BrF2N2O. The van der Waals surface area contributed by atoms with E-state index >= 15 is 0 Å². The fourth-order valence-electron chi connectivity index (χ4n) is 1.80. The first-order valence-electron chi connectivity index (χ1n) is 6.39. The lowest BCUT2D eigenvalue weighted by Gasteiger charge is -2.23. The fourth-order valence-corrected chi connectivity index (χ4v) is 2.11. The zero-order valence-electron chi connectivity index (χ0n) is 11.6. The van der Waals surface area contributed by atoms with Crippen LogP contribution in [-0.4, -0.2) is 12.5 Å². The first-order valence-corrected chi connectivity index (χ1v) is 7.19. The molecule has 0 radical (unpaired) electrons. The summed E-state index contributed by atoms with van der Waals surface area (Å²) in [6.45, 7) is 4.60. The minimum Gasteiger partial charge on any atom is -0.330 e. The number of anilines is 1. The zero-order chi connectivity index (χ0) is 15.3. The molecule has 0 bridgehead atoms. The number of rotatable bonds is 6. The molecule has 1 rings (SSSR count). The van der Waals surface area contributed by atoms with E-state index in [0.29, 0.717) is 13.0 Å². The normalized spacial score (nSPS) is 11.5. The van der Waals surface area contributed by atoms with Crippen molar-refractivity contribution in [2.24, 2.45) is 11.1 Å². The largest absolute Gasteiger partial charge is 0.330 e. The number of nitrogens with two attached hydrogens (primary N) is 1.